The van der Waals surface area contributed by atoms with Gasteiger partial charge in [0.1, 0.15) is 13.2 Å². The van der Waals surface area contributed by atoms with Gasteiger partial charge >= 0.3 is 17.9 Å². The van der Waals surface area contributed by atoms with Crippen LogP contribution in [0.25, 0.3) is 0 Å². The summed E-state index contributed by atoms with van der Waals surface area (Å²) in [6, 6.07) is 0. The van der Waals surface area contributed by atoms with Crippen LogP contribution in [0, 0.1) is 0 Å². The molecule has 0 fully saturated rings. The normalized spacial score (nSPS) is 12.2. The summed E-state index contributed by atoms with van der Waals surface area (Å²) in [5.74, 6) is -0.901. The molecule has 0 saturated carbocycles. The molecule has 0 radical (unpaired) electrons. The smallest absolute Gasteiger partial charge is 0.306 e. The highest BCUT2D eigenvalue weighted by molar-refractivity contribution is 5.71. The van der Waals surface area contributed by atoms with Gasteiger partial charge in [0, 0.05) is 19.3 Å². The van der Waals surface area contributed by atoms with Crippen LogP contribution in [0.2, 0.25) is 0 Å². The van der Waals surface area contributed by atoms with E-state index in [-0.39, 0.29) is 31.1 Å². The minimum absolute atomic E-state index is 0.0792. The first kappa shape index (κ1) is 62.6. The number of esters is 3. The SMILES string of the molecule is CCCCC/C=C\C/C=C\C/C=C\CCCCC(=O)OC[C@H](COC(=O)CCCCCCCCCCCCCCCCC)OC(=O)CCCCCCCCCCCCCCCCCCC. The van der Waals surface area contributed by atoms with E-state index in [1.807, 2.05) is 0 Å². The second-order valence-corrected chi connectivity index (χ2v) is 19.2. The molecule has 0 aromatic rings. The topological polar surface area (TPSA) is 78.9 Å². The molecule has 0 N–H and O–H groups in total. The molecule has 0 aliphatic carbocycles. The summed E-state index contributed by atoms with van der Waals surface area (Å²) >= 11 is 0. The molecule has 0 spiro atoms. The molecule has 380 valence electrons. The number of carbonyl (C=O) groups is 3. The van der Waals surface area contributed by atoms with E-state index in [1.165, 1.54) is 193 Å². The highest BCUT2D eigenvalue weighted by atomic mass is 16.6. The molecule has 6 nitrogen and oxygen atoms in total. The Morgan fingerprint density at radius 1 is 0.308 bits per heavy atom. The van der Waals surface area contributed by atoms with Crippen molar-refractivity contribution in [3.8, 4) is 0 Å². The van der Waals surface area contributed by atoms with E-state index >= 15 is 0 Å². The molecular weight excluding hydrogens is 805 g/mol. The highest BCUT2D eigenvalue weighted by Crippen LogP contribution is 2.17. The number of allylic oxidation sites excluding steroid dienone is 6. The number of hydrogen-bond donors (Lipinski definition) is 0. The highest BCUT2D eigenvalue weighted by Gasteiger charge is 2.19. The van der Waals surface area contributed by atoms with Gasteiger partial charge in [0.15, 0.2) is 6.10 Å². The van der Waals surface area contributed by atoms with Crippen LogP contribution in [0.5, 0.6) is 0 Å². The van der Waals surface area contributed by atoms with Crippen molar-refractivity contribution in [3.63, 3.8) is 0 Å². The number of carbonyl (C=O) groups excluding carboxylic acids is 3. The molecule has 0 saturated heterocycles. The molecular formula is C59H108O6. The van der Waals surface area contributed by atoms with Gasteiger partial charge in [-0.1, -0.05) is 263 Å². The zero-order valence-corrected chi connectivity index (χ0v) is 43.5. The first-order valence-corrected chi connectivity index (χ1v) is 28.5. The Morgan fingerprint density at radius 2 is 0.554 bits per heavy atom. The van der Waals surface area contributed by atoms with Crippen LogP contribution >= 0.6 is 0 Å². The maximum Gasteiger partial charge on any atom is 0.306 e. The fraction of sp³-hybridized carbons (Fsp3) is 0.847. The number of unbranched alkanes of at least 4 members (excludes halogenated alkanes) is 35. The Hall–Kier alpha value is -2.37. The Morgan fingerprint density at radius 3 is 0.892 bits per heavy atom. The second kappa shape index (κ2) is 54.2. The summed E-state index contributed by atoms with van der Waals surface area (Å²) in [5, 5.41) is 0. The zero-order chi connectivity index (χ0) is 47.2. The average molecular weight is 914 g/mol. The summed E-state index contributed by atoms with van der Waals surface area (Å²) < 4.78 is 16.8. The predicted molar refractivity (Wildman–Crippen MR) is 279 cm³/mol. The number of rotatable bonds is 52. The van der Waals surface area contributed by atoms with E-state index in [1.54, 1.807) is 0 Å². The van der Waals surface area contributed by atoms with E-state index in [2.05, 4.69) is 57.2 Å². The van der Waals surface area contributed by atoms with E-state index in [0.29, 0.717) is 19.3 Å². The lowest BCUT2D eigenvalue weighted by atomic mass is 10.0. The molecule has 0 heterocycles. The van der Waals surface area contributed by atoms with Gasteiger partial charge in [-0.15, -0.1) is 0 Å². The third-order valence-corrected chi connectivity index (χ3v) is 12.6. The summed E-state index contributed by atoms with van der Waals surface area (Å²) in [5.41, 5.74) is 0. The van der Waals surface area contributed by atoms with Crippen LogP contribution in [0.1, 0.15) is 303 Å². The minimum atomic E-state index is -0.783. The molecule has 0 aromatic carbocycles. The molecule has 0 aliphatic rings. The van der Waals surface area contributed by atoms with Gasteiger partial charge in [0.25, 0.3) is 0 Å². The van der Waals surface area contributed by atoms with Crippen molar-refractivity contribution in [1.82, 2.24) is 0 Å². The Labute approximate surface area is 404 Å². The molecule has 65 heavy (non-hydrogen) atoms. The van der Waals surface area contributed by atoms with Crippen molar-refractivity contribution >= 4 is 17.9 Å². The van der Waals surface area contributed by atoms with E-state index < -0.39 is 6.10 Å². The standard InChI is InChI=1S/C59H108O6/c1-4-7-10-13-16-19-22-25-28-29-32-35-38-41-44-47-50-53-59(62)65-56(54-63-57(60)51-48-45-42-39-36-33-30-26-23-20-17-14-11-8-5-2)55-64-58(61)52-49-46-43-40-37-34-31-27-24-21-18-15-12-9-6-3/h17,20,26,30,36,39,56H,4-16,18-19,21-25,27-29,31-35,37-38,40-55H2,1-3H3/b20-17-,30-26-,39-36-/t56-/m1/s1. The first-order valence-electron chi connectivity index (χ1n) is 28.5. The molecule has 0 rings (SSSR count). The van der Waals surface area contributed by atoms with Crippen LogP contribution in [0.15, 0.2) is 36.5 Å². The fourth-order valence-corrected chi connectivity index (χ4v) is 8.33. The molecule has 0 aliphatic heterocycles. The van der Waals surface area contributed by atoms with Crippen LogP contribution in [0.4, 0.5) is 0 Å². The molecule has 1 atom stereocenters. The van der Waals surface area contributed by atoms with E-state index in [9.17, 15) is 14.4 Å². The van der Waals surface area contributed by atoms with Gasteiger partial charge in [0.2, 0.25) is 0 Å². The maximum absolute atomic E-state index is 12.8. The number of hydrogen-bond acceptors (Lipinski definition) is 6. The second-order valence-electron chi connectivity index (χ2n) is 19.2. The van der Waals surface area contributed by atoms with E-state index in [0.717, 1.165) is 70.6 Å². The lowest BCUT2D eigenvalue weighted by Gasteiger charge is -2.18. The van der Waals surface area contributed by atoms with Crippen LogP contribution in [0.3, 0.4) is 0 Å². The lowest BCUT2D eigenvalue weighted by molar-refractivity contribution is -0.167. The van der Waals surface area contributed by atoms with Crippen LogP contribution < -0.4 is 0 Å². The zero-order valence-electron chi connectivity index (χ0n) is 43.5. The third kappa shape index (κ3) is 52.5. The Balaban J connectivity index is 4.38. The fourth-order valence-electron chi connectivity index (χ4n) is 8.33. The van der Waals surface area contributed by atoms with Gasteiger partial charge < -0.3 is 14.2 Å². The summed E-state index contributed by atoms with van der Waals surface area (Å²) in [7, 11) is 0. The van der Waals surface area contributed by atoms with Gasteiger partial charge in [-0.3, -0.25) is 14.4 Å². The van der Waals surface area contributed by atoms with Crippen LogP contribution in [-0.4, -0.2) is 37.2 Å². The van der Waals surface area contributed by atoms with Gasteiger partial charge in [0.05, 0.1) is 0 Å². The molecule has 6 heteroatoms. The largest absolute Gasteiger partial charge is 0.462 e. The number of ether oxygens (including phenoxy) is 3. The van der Waals surface area contributed by atoms with Crippen molar-refractivity contribution in [2.24, 2.45) is 0 Å². The first-order chi connectivity index (χ1) is 32.0. The van der Waals surface area contributed by atoms with Crippen LogP contribution in [-0.2, 0) is 28.6 Å². The van der Waals surface area contributed by atoms with Gasteiger partial charge in [-0.2, -0.15) is 0 Å². The van der Waals surface area contributed by atoms with E-state index in [4.69, 9.17) is 14.2 Å². The van der Waals surface area contributed by atoms with Crippen molar-refractivity contribution in [2.45, 2.75) is 309 Å². The monoisotopic (exact) mass is 913 g/mol. The summed E-state index contributed by atoms with van der Waals surface area (Å²) in [4.78, 5) is 38.1. The molecule has 0 aromatic heterocycles. The van der Waals surface area contributed by atoms with Crippen molar-refractivity contribution in [1.29, 1.82) is 0 Å². The summed E-state index contributed by atoms with van der Waals surface area (Å²) in [6.45, 7) is 6.62. The lowest BCUT2D eigenvalue weighted by Crippen LogP contribution is -2.30. The summed E-state index contributed by atoms with van der Waals surface area (Å²) in [6.07, 6.45) is 64.2. The molecule has 0 bridgehead atoms. The van der Waals surface area contributed by atoms with Crippen molar-refractivity contribution in [2.75, 3.05) is 13.2 Å². The predicted octanol–water partition coefficient (Wildman–Crippen LogP) is 18.9. The molecule has 0 amide bonds. The minimum Gasteiger partial charge on any atom is -0.462 e. The van der Waals surface area contributed by atoms with Crippen molar-refractivity contribution < 1.29 is 28.6 Å². The molecule has 0 unspecified atom stereocenters. The van der Waals surface area contributed by atoms with Gasteiger partial charge in [-0.25, -0.2) is 0 Å². The third-order valence-electron chi connectivity index (χ3n) is 12.6. The quantitative estimate of drug-likeness (QED) is 0.0262. The van der Waals surface area contributed by atoms with Crippen molar-refractivity contribution in [3.05, 3.63) is 36.5 Å². The Kier molecular flexibility index (Phi) is 52.3. The maximum atomic E-state index is 12.8. The average Bonchev–Trinajstić information content (AvgIpc) is 3.30. The Bertz CT molecular complexity index is 1090. The van der Waals surface area contributed by atoms with Gasteiger partial charge in [-0.05, 0) is 57.8 Å².